The number of hydrogen-bond donors (Lipinski definition) is 0. The van der Waals surface area contributed by atoms with E-state index in [-0.39, 0.29) is 6.23 Å². The summed E-state index contributed by atoms with van der Waals surface area (Å²) in [5.74, 6) is 0. The molecule has 0 amide bonds. The highest BCUT2D eigenvalue weighted by Gasteiger charge is 2.39. The van der Waals surface area contributed by atoms with Crippen LogP contribution in [0.2, 0.25) is 0 Å². The molecular weight excluding hydrogens is 234 g/mol. The highest BCUT2D eigenvalue weighted by Crippen LogP contribution is 2.42. The Labute approximate surface area is 113 Å². The normalized spacial score (nSPS) is 25.9. The number of nitrogens with zero attached hydrogens (tertiary/aromatic N) is 1. The van der Waals surface area contributed by atoms with Gasteiger partial charge in [0.2, 0.25) is 0 Å². The predicted octanol–water partition coefficient (Wildman–Crippen LogP) is 3.31. The summed E-state index contributed by atoms with van der Waals surface area (Å²) in [6, 6.07) is 19.8. The van der Waals surface area contributed by atoms with Gasteiger partial charge in [0.05, 0.1) is 12.6 Å². The molecule has 0 aliphatic carbocycles. The van der Waals surface area contributed by atoms with E-state index in [1.54, 1.807) is 0 Å². The van der Waals surface area contributed by atoms with Crippen molar-refractivity contribution in [3.8, 4) is 0 Å². The summed E-state index contributed by atoms with van der Waals surface area (Å²) < 4.78 is 6.08. The summed E-state index contributed by atoms with van der Waals surface area (Å²) in [5, 5.41) is 0. The summed E-state index contributed by atoms with van der Waals surface area (Å²) >= 11 is 0. The monoisotopic (exact) mass is 251 g/mol. The Hall–Kier alpha value is -1.64. The van der Waals surface area contributed by atoms with E-state index in [2.05, 4.69) is 59.5 Å². The third-order valence-electron chi connectivity index (χ3n) is 4.26. The van der Waals surface area contributed by atoms with Crippen LogP contribution in [0.1, 0.15) is 29.0 Å². The van der Waals surface area contributed by atoms with Crippen molar-refractivity contribution >= 4 is 0 Å². The molecular formula is C17H17NO. The molecule has 2 aliphatic heterocycles. The lowest BCUT2D eigenvalue weighted by atomic mass is 9.96. The number of ether oxygens (including phenoxy) is 1. The molecule has 0 aromatic heterocycles. The zero-order valence-corrected chi connectivity index (χ0v) is 10.8. The van der Waals surface area contributed by atoms with E-state index in [9.17, 15) is 0 Å². The molecule has 1 fully saturated rings. The summed E-state index contributed by atoms with van der Waals surface area (Å²) in [7, 11) is 0. The summed E-state index contributed by atoms with van der Waals surface area (Å²) in [6.45, 7) is 1.88. The van der Waals surface area contributed by atoms with Crippen LogP contribution in [0.4, 0.5) is 0 Å². The molecule has 2 heteroatoms. The molecule has 2 nitrogen and oxygen atoms in total. The molecule has 0 saturated carbocycles. The second kappa shape index (κ2) is 4.48. The Morgan fingerprint density at radius 1 is 0.947 bits per heavy atom. The van der Waals surface area contributed by atoms with Crippen LogP contribution >= 0.6 is 0 Å². The van der Waals surface area contributed by atoms with Crippen molar-refractivity contribution in [3.05, 3.63) is 71.3 Å². The Morgan fingerprint density at radius 2 is 1.74 bits per heavy atom. The molecule has 2 aliphatic rings. The lowest BCUT2D eigenvalue weighted by Gasteiger charge is -2.33. The average Bonchev–Trinajstić information content (AvgIpc) is 2.92. The quantitative estimate of drug-likeness (QED) is 0.771. The Bertz CT molecular complexity index is 581. The summed E-state index contributed by atoms with van der Waals surface area (Å²) in [5.41, 5.74) is 4.16. The molecule has 0 radical (unpaired) electrons. The van der Waals surface area contributed by atoms with Crippen LogP contribution in [-0.2, 0) is 11.2 Å². The van der Waals surface area contributed by atoms with Gasteiger partial charge in [0.25, 0.3) is 0 Å². The van der Waals surface area contributed by atoms with Crippen molar-refractivity contribution in [3.63, 3.8) is 0 Å². The molecule has 19 heavy (non-hydrogen) atoms. The molecule has 4 rings (SSSR count). The predicted molar refractivity (Wildman–Crippen MR) is 74.7 cm³/mol. The first-order chi connectivity index (χ1) is 9.43. The van der Waals surface area contributed by atoms with Gasteiger partial charge < -0.3 is 4.74 Å². The van der Waals surface area contributed by atoms with Crippen molar-refractivity contribution in [2.24, 2.45) is 0 Å². The molecule has 0 N–H and O–H groups in total. The zero-order valence-electron chi connectivity index (χ0n) is 10.8. The van der Waals surface area contributed by atoms with E-state index in [0.29, 0.717) is 6.04 Å². The molecule has 0 spiro atoms. The van der Waals surface area contributed by atoms with Gasteiger partial charge in [-0.25, -0.2) is 0 Å². The fraction of sp³-hybridized carbons (Fsp3) is 0.294. The molecule has 2 aromatic rings. The van der Waals surface area contributed by atoms with E-state index in [1.165, 1.54) is 16.7 Å². The van der Waals surface area contributed by atoms with E-state index in [4.69, 9.17) is 4.74 Å². The fourth-order valence-electron chi connectivity index (χ4n) is 3.29. The summed E-state index contributed by atoms with van der Waals surface area (Å²) in [6.07, 6.45) is 1.27. The smallest absolute Gasteiger partial charge is 0.137 e. The molecule has 2 atom stereocenters. The second-order valence-corrected chi connectivity index (χ2v) is 5.30. The molecule has 0 bridgehead atoms. The van der Waals surface area contributed by atoms with Crippen molar-refractivity contribution in [2.45, 2.75) is 18.7 Å². The first-order valence-corrected chi connectivity index (χ1v) is 6.93. The minimum absolute atomic E-state index is 0.148. The van der Waals surface area contributed by atoms with Gasteiger partial charge in [-0.15, -0.1) is 0 Å². The maximum absolute atomic E-state index is 6.08. The molecule has 2 aromatic carbocycles. The van der Waals surface area contributed by atoms with Crippen LogP contribution in [0.5, 0.6) is 0 Å². The Balaban J connectivity index is 1.69. The number of fused-ring (bicyclic) bond motifs is 3. The highest BCUT2D eigenvalue weighted by atomic mass is 16.5. The molecule has 2 heterocycles. The zero-order chi connectivity index (χ0) is 12.7. The number of hydrogen-bond acceptors (Lipinski definition) is 2. The van der Waals surface area contributed by atoms with Gasteiger partial charge >= 0.3 is 0 Å². The van der Waals surface area contributed by atoms with Gasteiger partial charge in [-0.1, -0.05) is 54.6 Å². The maximum atomic E-state index is 6.08. The first-order valence-electron chi connectivity index (χ1n) is 6.93. The summed E-state index contributed by atoms with van der Waals surface area (Å²) in [4.78, 5) is 2.50. The van der Waals surface area contributed by atoms with Crippen LogP contribution in [0.25, 0.3) is 0 Å². The lowest BCUT2D eigenvalue weighted by Crippen LogP contribution is -2.33. The standard InChI is InChI=1S/C17H17NO/c1-2-7-14(8-3-1)16-12-19-17-15-9-5-4-6-13(15)10-11-18(16)17/h1-9,16-17H,10-12H2/t16-,17-/m0/s1. The Kier molecular flexibility index (Phi) is 2.64. The van der Waals surface area contributed by atoms with Crippen LogP contribution in [0.3, 0.4) is 0 Å². The minimum atomic E-state index is 0.148. The van der Waals surface area contributed by atoms with Gasteiger partial charge in [-0.05, 0) is 23.1 Å². The third-order valence-corrected chi connectivity index (χ3v) is 4.26. The Morgan fingerprint density at radius 3 is 2.63 bits per heavy atom. The minimum Gasteiger partial charge on any atom is -0.357 e. The van der Waals surface area contributed by atoms with Gasteiger partial charge in [0.1, 0.15) is 6.23 Å². The largest absolute Gasteiger partial charge is 0.357 e. The van der Waals surface area contributed by atoms with E-state index in [1.807, 2.05) is 0 Å². The number of rotatable bonds is 1. The van der Waals surface area contributed by atoms with E-state index in [0.717, 1.165) is 19.6 Å². The van der Waals surface area contributed by atoms with Crippen LogP contribution in [-0.4, -0.2) is 18.1 Å². The van der Waals surface area contributed by atoms with Crippen LogP contribution in [0, 0.1) is 0 Å². The van der Waals surface area contributed by atoms with Crippen LogP contribution in [0.15, 0.2) is 54.6 Å². The topological polar surface area (TPSA) is 12.5 Å². The van der Waals surface area contributed by atoms with Crippen molar-refractivity contribution in [1.29, 1.82) is 0 Å². The van der Waals surface area contributed by atoms with Crippen molar-refractivity contribution < 1.29 is 4.74 Å². The fourth-order valence-corrected chi connectivity index (χ4v) is 3.29. The highest BCUT2D eigenvalue weighted by molar-refractivity contribution is 5.33. The maximum Gasteiger partial charge on any atom is 0.137 e. The van der Waals surface area contributed by atoms with Crippen LogP contribution < -0.4 is 0 Å². The molecule has 1 saturated heterocycles. The SMILES string of the molecule is c1ccc([C@@H]2CO[C@H]3c4ccccc4CCN23)cc1. The van der Waals surface area contributed by atoms with Gasteiger partial charge in [-0.3, -0.25) is 4.90 Å². The van der Waals surface area contributed by atoms with E-state index >= 15 is 0 Å². The van der Waals surface area contributed by atoms with Gasteiger partial charge in [0, 0.05) is 6.54 Å². The molecule has 0 unspecified atom stereocenters. The van der Waals surface area contributed by atoms with Crippen molar-refractivity contribution in [2.75, 3.05) is 13.2 Å². The molecule has 96 valence electrons. The third kappa shape index (κ3) is 1.79. The lowest BCUT2D eigenvalue weighted by molar-refractivity contribution is 0.0217. The van der Waals surface area contributed by atoms with E-state index < -0.39 is 0 Å². The first kappa shape index (κ1) is 11.2. The second-order valence-electron chi connectivity index (χ2n) is 5.30. The van der Waals surface area contributed by atoms with Gasteiger partial charge in [0.15, 0.2) is 0 Å². The number of benzene rings is 2. The average molecular weight is 251 g/mol. The van der Waals surface area contributed by atoms with Gasteiger partial charge in [-0.2, -0.15) is 0 Å². The van der Waals surface area contributed by atoms with Crippen molar-refractivity contribution in [1.82, 2.24) is 4.90 Å².